The number of nitrogens with zero attached hydrogens (tertiary/aromatic N) is 4. The van der Waals surface area contributed by atoms with Gasteiger partial charge in [0, 0.05) is 51.4 Å². The van der Waals surface area contributed by atoms with E-state index >= 15 is 0 Å². The highest BCUT2D eigenvalue weighted by Gasteiger charge is 2.28. The molecule has 0 radical (unpaired) electrons. The summed E-state index contributed by atoms with van der Waals surface area (Å²) < 4.78 is 7.96. The number of likely N-dealkylation sites (tertiary alicyclic amines) is 1. The highest BCUT2D eigenvalue weighted by atomic mass is 16.5. The van der Waals surface area contributed by atoms with Gasteiger partial charge in [-0.2, -0.15) is 5.10 Å². The van der Waals surface area contributed by atoms with E-state index < -0.39 is 0 Å². The van der Waals surface area contributed by atoms with Crippen LogP contribution in [0, 0.1) is 25.7 Å². The molecule has 2 unspecified atom stereocenters. The van der Waals surface area contributed by atoms with E-state index in [2.05, 4.69) is 56.0 Å². The Labute approximate surface area is 182 Å². The van der Waals surface area contributed by atoms with Crippen LogP contribution in [0.3, 0.4) is 0 Å². The van der Waals surface area contributed by atoms with E-state index in [-0.39, 0.29) is 0 Å². The van der Waals surface area contributed by atoms with Crippen molar-refractivity contribution in [2.45, 2.75) is 86.0 Å². The number of ether oxygens (including phenoxy) is 1. The molecule has 1 aromatic rings. The van der Waals surface area contributed by atoms with Gasteiger partial charge in [-0.25, -0.2) is 0 Å². The van der Waals surface area contributed by atoms with Gasteiger partial charge in [-0.3, -0.25) is 14.4 Å². The van der Waals surface area contributed by atoms with Crippen molar-refractivity contribution < 1.29 is 9.53 Å². The normalized spacial score (nSPS) is 24.0. The number of piperidine rings is 1. The fourth-order valence-electron chi connectivity index (χ4n) is 5.17. The first-order chi connectivity index (χ1) is 14.2. The lowest BCUT2D eigenvalue weighted by Gasteiger charge is -2.39. The first-order valence-electron chi connectivity index (χ1n) is 11.9. The molecule has 170 valence electrons. The molecule has 0 N–H and O–H groups in total. The molecule has 2 aliphatic heterocycles. The predicted molar refractivity (Wildman–Crippen MR) is 121 cm³/mol. The molecule has 6 nitrogen and oxygen atoms in total. The molecule has 1 amide bonds. The smallest absolute Gasteiger partial charge is 0.222 e. The molecule has 0 spiro atoms. The molecule has 3 heterocycles. The van der Waals surface area contributed by atoms with Gasteiger partial charge in [0.05, 0.1) is 17.9 Å². The average molecular weight is 419 g/mol. The van der Waals surface area contributed by atoms with Gasteiger partial charge in [0.25, 0.3) is 0 Å². The fraction of sp³-hybridized carbons (Fsp3) is 0.833. The lowest BCUT2D eigenvalue weighted by Crippen LogP contribution is -2.48. The molecule has 0 saturated carbocycles. The summed E-state index contributed by atoms with van der Waals surface area (Å²) in [5, 5.41) is 4.69. The van der Waals surface area contributed by atoms with E-state index in [1.54, 1.807) is 0 Å². The van der Waals surface area contributed by atoms with Crippen molar-refractivity contribution in [1.82, 2.24) is 19.6 Å². The molecule has 0 aromatic carbocycles. The maximum absolute atomic E-state index is 12.8. The van der Waals surface area contributed by atoms with E-state index in [0.29, 0.717) is 36.4 Å². The summed E-state index contributed by atoms with van der Waals surface area (Å²) in [6, 6.07) is 0. The van der Waals surface area contributed by atoms with Crippen molar-refractivity contribution in [3.63, 3.8) is 0 Å². The van der Waals surface area contributed by atoms with Crippen LogP contribution in [0.5, 0.6) is 0 Å². The average Bonchev–Trinajstić information content (AvgIpc) is 2.92. The van der Waals surface area contributed by atoms with Crippen LogP contribution in [0.2, 0.25) is 0 Å². The van der Waals surface area contributed by atoms with Crippen LogP contribution in [0.1, 0.15) is 63.9 Å². The Kier molecular flexibility index (Phi) is 7.97. The molecule has 30 heavy (non-hydrogen) atoms. The van der Waals surface area contributed by atoms with Crippen molar-refractivity contribution in [2.24, 2.45) is 11.8 Å². The summed E-state index contributed by atoms with van der Waals surface area (Å²) >= 11 is 0. The first kappa shape index (κ1) is 23.3. The molecule has 1 aromatic heterocycles. The summed E-state index contributed by atoms with van der Waals surface area (Å²) in [6.07, 6.45) is 4.29. The molecule has 2 atom stereocenters. The van der Waals surface area contributed by atoms with Gasteiger partial charge >= 0.3 is 0 Å². The Bertz CT molecular complexity index is 696. The zero-order valence-corrected chi connectivity index (χ0v) is 20.0. The second-order valence-corrected chi connectivity index (χ2v) is 10.0. The Morgan fingerprint density at radius 2 is 1.77 bits per heavy atom. The van der Waals surface area contributed by atoms with E-state index in [9.17, 15) is 4.79 Å². The number of morpholine rings is 1. The van der Waals surface area contributed by atoms with Gasteiger partial charge in [-0.1, -0.05) is 13.8 Å². The summed E-state index contributed by atoms with van der Waals surface area (Å²) in [5.41, 5.74) is 3.56. The highest BCUT2D eigenvalue weighted by Crippen LogP contribution is 2.22. The molecule has 6 heteroatoms. The van der Waals surface area contributed by atoms with Crippen LogP contribution in [-0.4, -0.2) is 70.4 Å². The quantitative estimate of drug-likeness (QED) is 0.681. The largest absolute Gasteiger partial charge is 0.373 e. The van der Waals surface area contributed by atoms with Crippen LogP contribution in [0.25, 0.3) is 0 Å². The van der Waals surface area contributed by atoms with Gasteiger partial charge in [0.1, 0.15) is 0 Å². The Balaban J connectivity index is 1.44. The Morgan fingerprint density at radius 1 is 1.13 bits per heavy atom. The minimum atomic E-state index is 0.303. The topological polar surface area (TPSA) is 50.6 Å². The maximum Gasteiger partial charge on any atom is 0.222 e. The highest BCUT2D eigenvalue weighted by molar-refractivity contribution is 5.76. The first-order valence-corrected chi connectivity index (χ1v) is 11.9. The molecule has 2 aliphatic rings. The minimum Gasteiger partial charge on any atom is -0.373 e. The van der Waals surface area contributed by atoms with Crippen molar-refractivity contribution in [2.75, 3.05) is 32.7 Å². The number of rotatable bonds is 7. The molecule has 2 saturated heterocycles. The van der Waals surface area contributed by atoms with Gasteiger partial charge in [0.2, 0.25) is 5.91 Å². The molecule has 2 fully saturated rings. The standard InChI is InChI=1S/C24H42N4O2/c1-17(2)13-28-21(6)23(20(5)25-28)7-8-24(29)27-11-9-22(10-12-27)16-26-14-18(3)30-19(4)15-26/h17-19,22H,7-16H2,1-6H3. The van der Waals surface area contributed by atoms with Crippen molar-refractivity contribution >= 4 is 5.91 Å². The molecule has 3 rings (SSSR count). The number of carbonyl (C=O) groups is 1. The summed E-state index contributed by atoms with van der Waals surface area (Å²) in [5.74, 6) is 1.57. The third-order valence-electron chi connectivity index (χ3n) is 6.64. The van der Waals surface area contributed by atoms with Gasteiger partial charge in [-0.15, -0.1) is 0 Å². The summed E-state index contributed by atoms with van der Waals surface area (Å²) in [4.78, 5) is 17.5. The van der Waals surface area contributed by atoms with Crippen LogP contribution < -0.4 is 0 Å². The van der Waals surface area contributed by atoms with E-state index in [1.807, 2.05) is 0 Å². The summed E-state index contributed by atoms with van der Waals surface area (Å²) in [7, 11) is 0. The van der Waals surface area contributed by atoms with Crippen molar-refractivity contribution in [1.29, 1.82) is 0 Å². The predicted octanol–water partition coefficient (Wildman–Crippen LogP) is 3.44. The van der Waals surface area contributed by atoms with Gasteiger partial charge in [-0.05, 0) is 64.4 Å². The van der Waals surface area contributed by atoms with Crippen LogP contribution in [0.15, 0.2) is 0 Å². The second kappa shape index (κ2) is 10.3. The number of carbonyl (C=O) groups excluding carboxylic acids is 1. The number of aromatic nitrogens is 2. The second-order valence-electron chi connectivity index (χ2n) is 10.0. The molecular weight excluding hydrogens is 376 g/mol. The Hall–Kier alpha value is -1.40. The van der Waals surface area contributed by atoms with Crippen LogP contribution >= 0.6 is 0 Å². The maximum atomic E-state index is 12.8. The lowest BCUT2D eigenvalue weighted by atomic mass is 9.95. The number of hydrogen-bond acceptors (Lipinski definition) is 4. The van der Waals surface area contributed by atoms with Crippen LogP contribution in [0.4, 0.5) is 0 Å². The molecule has 0 aliphatic carbocycles. The third kappa shape index (κ3) is 6.07. The number of hydrogen-bond donors (Lipinski definition) is 0. The molecule has 0 bridgehead atoms. The summed E-state index contributed by atoms with van der Waals surface area (Å²) in [6.45, 7) is 18.9. The van der Waals surface area contributed by atoms with E-state index in [0.717, 1.165) is 64.2 Å². The lowest BCUT2D eigenvalue weighted by molar-refractivity contribution is -0.132. The number of aryl methyl sites for hydroxylation is 1. The zero-order chi connectivity index (χ0) is 21.8. The Morgan fingerprint density at radius 3 is 2.37 bits per heavy atom. The van der Waals surface area contributed by atoms with E-state index in [1.165, 1.54) is 11.3 Å². The minimum absolute atomic E-state index is 0.303. The van der Waals surface area contributed by atoms with E-state index in [4.69, 9.17) is 9.84 Å². The molecular formula is C24H42N4O2. The fourth-order valence-corrected chi connectivity index (χ4v) is 5.17. The van der Waals surface area contributed by atoms with Crippen LogP contribution in [-0.2, 0) is 22.5 Å². The van der Waals surface area contributed by atoms with Gasteiger partial charge in [0.15, 0.2) is 0 Å². The monoisotopic (exact) mass is 418 g/mol. The number of amides is 1. The van der Waals surface area contributed by atoms with Gasteiger partial charge < -0.3 is 9.64 Å². The third-order valence-corrected chi connectivity index (χ3v) is 6.64. The zero-order valence-electron chi connectivity index (χ0n) is 20.0. The SMILES string of the molecule is Cc1nn(CC(C)C)c(C)c1CCC(=O)N1CCC(CN2CC(C)OC(C)C2)CC1. The van der Waals surface area contributed by atoms with Crippen molar-refractivity contribution in [3.8, 4) is 0 Å². The van der Waals surface area contributed by atoms with Crippen molar-refractivity contribution in [3.05, 3.63) is 17.0 Å².